The van der Waals surface area contributed by atoms with Gasteiger partial charge in [0.1, 0.15) is 0 Å². The number of hydrogen-bond acceptors (Lipinski definition) is 4. The molecule has 0 aliphatic carbocycles. The van der Waals surface area contributed by atoms with Crippen LogP contribution in [-0.4, -0.2) is 38.2 Å². The quantitative estimate of drug-likeness (QED) is 0.545. The Hall–Kier alpha value is -2.05. The van der Waals surface area contributed by atoms with Gasteiger partial charge in [0, 0.05) is 32.7 Å². The molecule has 1 aliphatic rings. The van der Waals surface area contributed by atoms with Crippen LogP contribution in [0, 0.1) is 0 Å². The van der Waals surface area contributed by atoms with Crippen molar-refractivity contribution in [2.75, 3.05) is 25.0 Å². The highest BCUT2D eigenvalue weighted by atomic mass is 32.1. The minimum Gasteiger partial charge on any atom is -0.374 e. The van der Waals surface area contributed by atoms with E-state index in [2.05, 4.69) is 76.2 Å². The molecule has 0 saturated carbocycles. The summed E-state index contributed by atoms with van der Waals surface area (Å²) in [6.07, 6.45) is 2.51. The summed E-state index contributed by atoms with van der Waals surface area (Å²) >= 11 is 1.82. The van der Waals surface area contributed by atoms with Gasteiger partial charge in [0.2, 0.25) is 0 Å². The van der Waals surface area contributed by atoms with Gasteiger partial charge in [-0.25, -0.2) is 0 Å². The Morgan fingerprint density at radius 1 is 1.18 bits per heavy atom. The Morgan fingerprint density at radius 3 is 2.50 bits per heavy atom. The molecule has 0 amide bonds. The van der Waals surface area contributed by atoms with Crippen LogP contribution in [0.25, 0.3) is 0 Å². The van der Waals surface area contributed by atoms with Crippen molar-refractivity contribution in [3.05, 3.63) is 52.9 Å². The van der Waals surface area contributed by atoms with E-state index < -0.39 is 0 Å². The molecular weight excluding hydrogens is 368 g/mol. The maximum atomic E-state index is 5.65. The number of nitrogens with one attached hydrogen (secondary N) is 2. The molecule has 2 aromatic rings. The monoisotopic (exact) mass is 400 g/mol. The van der Waals surface area contributed by atoms with Crippen LogP contribution >= 0.6 is 11.3 Å². The summed E-state index contributed by atoms with van der Waals surface area (Å²) in [4.78, 5) is 6.87. The summed E-state index contributed by atoms with van der Waals surface area (Å²) in [5.74, 6) is 0.877. The van der Waals surface area contributed by atoms with Crippen LogP contribution in [0.2, 0.25) is 0 Å². The smallest absolute Gasteiger partial charge is 0.191 e. The predicted molar refractivity (Wildman–Crippen MR) is 119 cm³/mol. The lowest BCUT2D eigenvalue weighted by Gasteiger charge is -2.33. The maximum absolute atomic E-state index is 5.65. The van der Waals surface area contributed by atoms with Crippen molar-refractivity contribution in [1.29, 1.82) is 0 Å². The normalized spacial score (nSPS) is 15.9. The third-order valence-electron chi connectivity index (χ3n) is 4.94. The first kappa shape index (κ1) is 20.7. The molecule has 2 heterocycles. The first-order chi connectivity index (χ1) is 13.6. The summed E-state index contributed by atoms with van der Waals surface area (Å²) in [6, 6.07) is 13.4. The molecular formula is C22H32N4OS. The average molecular weight is 401 g/mol. The lowest BCUT2D eigenvalue weighted by atomic mass is 10.1. The van der Waals surface area contributed by atoms with Crippen molar-refractivity contribution in [3.63, 3.8) is 0 Å². The van der Waals surface area contributed by atoms with Gasteiger partial charge in [0.25, 0.3) is 0 Å². The third kappa shape index (κ3) is 6.24. The Labute approximate surface area is 172 Å². The molecule has 0 unspecified atom stereocenters. The van der Waals surface area contributed by atoms with E-state index in [0.717, 1.165) is 38.4 Å². The lowest BCUT2D eigenvalue weighted by molar-refractivity contribution is 0.0657. The fourth-order valence-corrected chi connectivity index (χ4v) is 4.07. The summed E-state index contributed by atoms with van der Waals surface area (Å²) < 4.78 is 5.65. The van der Waals surface area contributed by atoms with E-state index in [4.69, 9.17) is 4.74 Å². The third-order valence-corrected chi connectivity index (χ3v) is 5.87. The minimum atomic E-state index is 0.257. The molecule has 0 spiro atoms. The largest absolute Gasteiger partial charge is 0.374 e. The fraction of sp³-hybridized carbons (Fsp3) is 0.500. The molecule has 152 valence electrons. The van der Waals surface area contributed by atoms with Gasteiger partial charge in [-0.1, -0.05) is 24.3 Å². The first-order valence-corrected chi connectivity index (χ1v) is 11.0. The van der Waals surface area contributed by atoms with Crippen molar-refractivity contribution in [2.24, 2.45) is 4.99 Å². The molecule has 2 N–H and O–H groups in total. The SMILES string of the molecule is CN=C(NCc1ccc(COC(C)C)cc1)NC1CCN(c2cccs2)CC1. The number of ether oxygens (including phenoxy) is 1. The second-order valence-electron chi connectivity index (χ2n) is 7.46. The molecule has 1 aromatic carbocycles. The summed E-state index contributed by atoms with van der Waals surface area (Å²) in [7, 11) is 1.84. The Bertz CT molecular complexity index is 720. The number of rotatable bonds is 7. The standard InChI is InChI=1S/C22H32N4OS/c1-17(2)27-16-19-8-6-18(7-9-19)15-24-22(23-3)25-20-10-12-26(13-11-20)21-5-4-14-28-21/h4-9,14,17,20H,10-13,15-16H2,1-3H3,(H2,23,24,25). The lowest BCUT2D eigenvalue weighted by Crippen LogP contribution is -2.48. The van der Waals surface area contributed by atoms with Crippen LogP contribution in [-0.2, 0) is 17.9 Å². The van der Waals surface area contributed by atoms with Crippen LogP contribution in [0.4, 0.5) is 5.00 Å². The molecule has 0 radical (unpaired) electrons. The van der Waals surface area contributed by atoms with E-state index in [1.165, 1.54) is 16.1 Å². The topological polar surface area (TPSA) is 48.9 Å². The minimum absolute atomic E-state index is 0.257. The summed E-state index contributed by atoms with van der Waals surface area (Å²) in [5, 5.41) is 10.5. The van der Waals surface area contributed by atoms with Crippen molar-refractivity contribution >= 4 is 22.3 Å². The van der Waals surface area contributed by atoms with Gasteiger partial charge >= 0.3 is 0 Å². The molecule has 3 rings (SSSR count). The van der Waals surface area contributed by atoms with Crippen molar-refractivity contribution in [3.8, 4) is 0 Å². The Kier molecular flexibility index (Phi) is 7.74. The second-order valence-corrected chi connectivity index (χ2v) is 8.39. The van der Waals surface area contributed by atoms with Crippen molar-refractivity contribution in [1.82, 2.24) is 10.6 Å². The van der Waals surface area contributed by atoms with Crippen LogP contribution in [0.5, 0.6) is 0 Å². The highest BCUT2D eigenvalue weighted by Crippen LogP contribution is 2.24. The van der Waals surface area contributed by atoms with E-state index in [-0.39, 0.29) is 6.10 Å². The molecule has 1 aliphatic heterocycles. The van der Waals surface area contributed by atoms with E-state index >= 15 is 0 Å². The number of hydrogen-bond donors (Lipinski definition) is 2. The molecule has 1 fully saturated rings. The number of piperidine rings is 1. The van der Waals surface area contributed by atoms with Crippen LogP contribution in [0.1, 0.15) is 37.8 Å². The van der Waals surface area contributed by atoms with Crippen LogP contribution < -0.4 is 15.5 Å². The molecule has 5 nitrogen and oxygen atoms in total. The number of benzene rings is 1. The van der Waals surface area contributed by atoms with Crippen LogP contribution in [0.15, 0.2) is 46.8 Å². The van der Waals surface area contributed by atoms with E-state index in [1.54, 1.807) is 0 Å². The molecule has 28 heavy (non-hydrogen) atoms. The van der Waals surface area contributed by atoms with Gasteiger partial charge < -0.3 is 20.3 Å². The Morgan fingerprint density at radius 2 is 1.89 bits per heavy atom. The fourth-order valence-electron chi connectivity index (χ4n) is 3.28. The number of anilines is 1. The average Bonchev–Trinajstić information content (AvgIpc) is 3.25. The predicted octanol–water partition coefficient (Wildman–Crippen LogP) is 4.01. The molecule has 1 aromatic heterocycles. The van der Waals surface area contributed by atoms with Crippen molar-refractivity contribution in [2.45, 2.75) is 52.0 Å². The maximum Gasteiger partial charge on any atom is 0.191 e. The first-order valence-electron chi connectivity index (χ1n) is 10.1. The van der Waals surface area contributed by atoms with Crippen LogP contribution in [0.3, 0.4) is 0 Å². The highest BCUT2D eigenvalue weighted by Gasteiger charge is 2.20. The zero-order valence-corrected chi connectivity index (χ0v) is 18.0. The van der Waals surface area contributed by atoms with Gasteiger partial charge in [-0.15, -0.1) is 11.3 Å². The zero-order valence-electron chi connectivity index (χ0n) is 17.1. The number of guanidine groups is 1. The van der Waals surface area contributed by atoms with E-state index in [9.17, 15) is 0 Å². The van der Waals surface area contributed by atoms with E-state index in [0.29, 0.717) is 12.6 Å². The summed E-state index contributed by atoms with van der Waals surface area (Å²) in [5.41, 5.74) is 2.45. The highest BCUT2D eigenvalue weighted by molar-refractivity contribution is 7.14. The molecule has 1 saturated heterocycles. The van der Waals surface area contributed by atoms with Gasteiger partial charge in [-0.2, -0.15) is 0 Å². The molecule has 0 bridgehead atoms. The number of aliphatic imine (C=N–C) groups is 1. The van der Waals surface area contributed by atoms with Gasteiger partial charge in [-0.05, 0) is 55.3 Å². The van der Waals surface area contributed by atoms with Gasteiger partial charge in [0.15, 0.2) is 5.96 Å². The van der Waals surface area contributed by atoms with Gasteiger partial charge in [0.05, 0.1) is 17.7 Å². The number of nitrogens with zero attached hydrogens (tertiary/aromatic N) is 2. The number of thiophene rings is 1. The molecule has 0 atom stereocenters. The van der Waals surface area contributed by atoms with Crippen molar-refractivity contribution < 1.29 is 4.74 Å². The molecule has 6 heteroatoms. The van der Waals surface area contributed by atoms with E-state index in [1.807, 2.05) is 18.4 Å². The Balaban J connectivity index is 1.41. The summed E-state index contributed by atoms with van der Waals surface area (Å²) in [6.45, 7) is 7.73. The second kappa shape index (κ2) is 10.5. The van der Waals surface area contributed by atoms with Gasteiger partial charge in [-0.3, -0.25) is 4.99 Å². The zero-order chi connectivity index (χ0) is 19.8.